The third-order valence-corrected chi connectivity index (χ3v) is 8.59. The molecule has 0 bridgehead atoms. The molecule has 0 aliphatic carbocycles. The Balaban J connectivity index is 1.36. The summed E-state index contributed by atoms with van der Waals surface area (Å²) in [5, 5.41) is 8.06. The van der Waals surface area contributed by atoms with E-state index in [9.17, 15) is 14.4 Å². The highest BCUT2D eigenvalue weighted by atomic mass is 35.5. The average Bonchev–Trinajstić information content (AvgIpc) is 3.61. The number of aromatic amines is 1. The standard InChI is InChI=1S/C30H25ClN4O3/c1-16-11-19(31)13-21-26(16)33-29(38)30(21)25-24(27(36)35(28(25)37)15-17-7-3-2-4-8-17)23(34-30)12-18-14-32-22-10-6-5-9-20(18)22/h2-11,13-14,23-25,32,34H,12,15H2,1H3,(H,33,38)/t23-,24+,25-,30+/m0/s1. The number of carbonyl (C=O) groups is 3. The molecule has 4 atom stereocenters. The first-order valence-corrected chi connectivity index (χ1v) is 13.1. The van der Waals surface area contributed by atoms with E-state index in [0.29, 0.717) is 22.7 Å². The molecular formula is C30H25ClN4O3. The van der Waals surface area contributed by atoms with Gasteiger partial charge in [0.15, 0.2) is 0 Å². The molecule has 3 N–H and O–H groups in total. The second kappa shape index (κ2) is 8.28. The monoisotopic (exact) mass is 524 g/mol. The molecule has 4 heterocycles. The number of rotatable bonds is 4. The Morgan fingerprint density at radius 3 is 2.55 bits per heavy atom. The Kier molecular flexibility index (Phi) is 5.05. The molecule has 7 nitrogen and oxygen atoms in total. The molecule has 3 amide bonds. The van der Waals surface area contributed by atoms with E-state index < -0.39 is 23.4 Å². The van der Waals surface area contributed by atoms with Crippen molar-refractivity contribution in [2.24, 2.45) is 11.8 Å². The van der Waals surface area contributed by atoms with Crippen molar-refractivity contribution in [1.29, 1.82) is 0 Å². The van der Waals surface area contributed by atoms with Gasteiger partial charge in [-0.05, 0) is 48.2 Å². The fraction of sp³-hybridized carbons (Fsp3) is 0.233. The second-order valence-electron chi connectivity index (χ2n) is 10.5. The molecule has 8 heteroatoms. The summed E-state index contributed by atoms with van der Waals surface area (Å²) in [6.07, 6.45) is 2.42. The first-order chi connectivity index (χ1) is 18.4. The van der Waals surface area contributed by atoms with Crippen LogP contribution in [0.15, 0.2) is 72.9 Å². The summed E-state index contributed by atoms with van der Waals surface area (Å²) in [6, 6.07) is 20.5. The van der Waals surface area contributed by atoms with E-state index in [0.717, 1.165) is 27.6 Å². The summed E-state index contributed by atoms with van der Waals surface area (Å²) in [4.78, 5) is 46.6. The lowest BCUT2D eigenvalue weighted by Crippen LogP contribution is -2.53. The second-order valence-corrected chi connectivity index (χ2v) is 10.9. The molecule has 0 radical (unpaired) electrons. The molecule has 2 fully saturated rings. The molecule has 1 aromatic heterocycles. The maximum Gasteiger partial charge on any atom is 0.250 e. The summed E-state index contributed by atoms with van der Waals surface area (Å²) in [5.41, 5.74) is 3.60. The highest BCUT2D eigenvalue weighted by Crippen LogP contribution is 2.54. The SMILES string of the molecule is Cc1cc(Cl)cc2c1NC(=O)[C@@]21N[C@@H](Cc2c[nH]c3ccccc23)[C@H]2C(=O)N(Cc3ccccc3)C(=O)[C@H]21. The molecule has 3 aliphatic rings. The largest absolute Gasteiger partial charge is 0.361 e. The number of hydrogen-bond acceptors (Lipinski definition) is 4. The van der Waals surface area contributed by atoms with Crippen LogP contribution in [-0.2, 0) is 32.9 Å². The van der Waals surface area contributed by atoms with E-state index >= 15 is 0 Å². The number of halogens is 1. The minimum atomic E-state index is -1.38. The molecule has 7 rings (SSSR count). The van der Waals surface area contributed by atoms with Gasteiger partial charge in [0.25, 0.3) is 0 Å². The number of carbonyl (C=O) groups excluding carboxylic acids is 3. The van der Waals surface area contributed by atoms with Crippen LogP contribution in [-0.4, -0.2) is 33.6 Å². The van der Waals surface area contributed by atoms with Crippen LogP contribution in [0.2, 0.25) is 5.02 Å². The highest BCUT2D eigenvalue weighted by molar-refractivity contribution is 6.31. The van der Waals surface area contributed by atoms with Gasteiger partial charge in [-0.3, -0.25) is 24.6 Å². The Hall–Kier alpha value is -3.94. The Morgan fingerprint density at radius 1 is 0.974 bits per heavy atom. The van der Waals surface area contributed by atoms with Gasteiger partial charge in [-0.2, -0.15) is 0 Å². The third-order valence-electron chi connectivity index (χ3n) is 8.38. The summed E-state index contributed by atoms with van der Waals surface area (Å²) < 4.78 is 0. The van der Waals surface area contributed by atoms with Crippen LogP contribution < -0.4 is 10.6 Å². The summed E-state index contributed by atoms with van der Waals surface area (Å²) in [5.74, 6) is -2.49. The maximum absolute atomic E-state index is 14.1. The van der Waals surface area contributed by atoms with Crippen LogP contribution in [0, 0.1) is 18.8 Å². The average molecular weight is 525 g/mol. The maximum atomic E-state index is 14.1. The first kappa shape index (κ1) is 23.2. The van der Waals surface area contributed by atoms with Crippen LogP contribution in [0.3, 0.4) is 0 Å². The summed E-state index contributed by atoms with van der Waals surface area (Å²) in [7, 11) is 0. The lowest BCUT2D eigenvalue weighted by atomic mass is 9.76. The zero-order valence-electron chi connectivity index (χ0n) is 20.6. The van der Waals surface area contributed by atoms with Gasteiger partial charge in [0.2, 0.25) is 17.7 Å². The zero-order chi connectivity index (χ0) is 26.2. The molecule has 4 aromatic rings. The van der Waals surface area contributed by atoms with E-state index in [1.807, 2.05) is 67.7 Å². The number of amides is 3. The number of likely N-dealkylation sites (tertiary alicyclic amines) is 1. The van der Waals surface area contributed by atoms with Gasteiger partial charge in [-0.25, -0.2) is 0 Å². The van der Waals surface area contributed by atoms with Gasteiger partial charge < -0.3 is 10.3 Å². The van der Waals surface area contributed by atoms with Crippen LogP contribution in [0.5, 0.6) is 0 Å². The smallest absolute Gasteiger partial charge is 0.250 e. The lowest BCUT2D eigenvalue weighted by molar-refractivity contribution is -0.143. The molecular weight excluding hydrogens is 500 g/mol. The minimum absolute atomic E-state index is 0.171. The molecule has 2 saturated heterocycles. The van der Waals surface area contributed by atoms with Crippen LogP contribution in [0.1, 0.15) is 22.3 Å². The van der Waals surface area contributed by atoms with E-state index in [2.05, 4.69) is 15.6 Å². The molecule has 1 spiro atoms. The van der Waals surface area contributed by atoms with Crippen molar-refractivity contribution in [3.05, 3.63) is 100 Å². The number of aryl methyl sites for hydroxylation is 1. The Bertz CT molecular complexity index is 1650. The van der Waals surface area contributed by atoms with E-state index in [1.54, 1.807) is 12.1 Å². The number of nitrogens with zero attached hydrogens (tertiary/aromatic N) is 1. The molecule has 38 heavy (non-hydrogen) atoms. The van der Waals surface area contributed by atoms with Crippen LogP contribution in [0.4, 0.5) is 5.69 Å². The number of benzene rings is 3. The summed E-state index contributed by atoms with van der Waals surface area (Å²) in [6.45, 7) is 2.05. The van der Waals surface area contributed by atoms with Gasteiger partial charge >= 0.3 is 0 Å². The van der Waals surface area contributed by atoms with E-state index in [1.165, 1.54) is 4.90 Å². The Labute approximate surface area is 224 Å². The molecule has 190 valence electrons. The van der Waals surface area contributed by atoms with Crippen molar-refractivity contribution >= 4 is 45.9 Å². The van der Waals surface area contributed by atoms with Gasteiger partial charge in [-0.15, -0.1) is 0 Å². The number of nitrogens with one attached hydrogen (secondary N) is 3. The number of imide groups is 1. The van der Waals surface area contributed by atoms with Crippen molar-refractivity contribution in [3.63, 3.8) is 0 Å². The first-order valence-electron chi connectivity index (χ1n) is 12.7. The fourth-order valence-electron chi connectivity index (χ4n) is 6.73. The number of fused-ring (bicyclic) bond motifs is 5. The van der Waals surface area contributed by atoms with Crippen molar-refractivity contribution < 1.29 is 14.4 Å². The van der Waals surface area contributed by atoms with Gasteiger partial charge in [0, 0.05) is 39.4 Å². The van der Waals surface area contributed by atoms with Gasteiger partial charge in [0.1, 0.15) is 5.54 Å². The number of hydrogen-bond donors (Lipinski definition) is 3. The quantitative estimate of drug-likeness (QED) is 0.347. The molecule has 0 saturated carbocycles. The highest BCUT2D eigenvalue weighted by Gasteiger charge is 2.70. The van der Waals surface area contributed by atoms with Gasteiger partial charge in [0.05, 0.1) is 18.4 Å². The minimum Gasteiger partial charge on any atom is -0.361 e. The van der Waals surface area contributed by atoms with Crippen molar-refractivity contribution in [1.82, 2.24) is 15.2 Å². The molecule has 3 aliphatic heterocycles. The van der Waals surface area contributed by atoms with Crippen LogP contribution in [0.25, 0.3) is 10.9 Å². The number of para-hydroxylation sites is 1. The lowest BCUT2D eigenvalue weighted by Gasteiger charge is -2.29. The van der Waals surface area contributed by atoms with Crippen molar-refractivity contribution in [2.75, 3.05) is 5.32 Å². The van der Waals surface area contributed by atoms with Gasteiger partial charge in [-0.1, -0.05) is 60.1 Å². The summed E-state index contributed by atoms with van der Waals surface area (Å²) >= 11 is 6.47. The molecule has 0 unspecified atom stereocenters. The third kappa shape index (κ3) is 3.15. The van der Waals surface area contributed by atoms with Crippen molar-refractivity contribution in [2.45, 2.75) is 31.5 Å². The zero-order valence-corrected chi connectivity index (χ0v) is 21.4. The topological polar surface area (TPSA) is 94.3 Å². The molecule has 3 aromatic carbocycles. The normalized spacial score (nSPS) is 25.9. The number of aromatic nitrogens is 1. The Morgan fingerprint density at radius 2 is 1.74 bits per heavy atom. The van der Waals surface area contributed by atoms with Crippen LogP contribution >= 0.6 is 11.6 Å². The number of H-pyrrole nitrogens is 1. The van der Waals surface area contributed by atoms with Crippen molar-refractivity contribution in [3.8, 4) is 0 Å². The fourth-order valence-corrected chi connectivity index (χ4v) is 7.00. The number of anilines is 1. The van der Waals surface area contributed by atoms with E-state index in [4.69, 9.17) is 11.6 Å². The van der Waals surface area contributed by atoms with E-state index in [-0.39, 0.29) is 24.3 Å². The predicted molar refractivity (Wildman–Crippen MR) is 144 cm³/mol. The predicted octanol–water partition coefficient (Wildman–Crippen LogP) is 4.29.